The number of carbonyl (C=O) groups excluding carboxylic acids is 1. The van der Waals surface area contributed by atoms with E-state index in [1.807, 2.05) is 54.6 Å². The van der Waals surface area contributed by atoms with Crippen LogP contribution in [0.3, 0.4) is 0 Å². The van der Waals surface area contributed by atoms with E-state index in [0.717, 1.165) is 27.8 Å². The molecule has 0 aliphatic carbocycles. The van der Waals surface area contributed by atoms with Crippen molar-refractivity contribution >= 4 is 39.8 Å². The van der Waals surface area contributed by atoms with Gasteiger partial charge in [0, 0.05) is 34.4 Å². The van der Waals surface area contributed by atoms with Gasteiger partial charge in [-0.2, -0.15) is 0 Å². The van der Waals surface area contributed by atoms with Gasteiger partial charge in [0.15, 0.2) is 11.5 Å². The van der Waals surface area contributed by atoms with Crippen molar-refractivity contribution in [1.82, 2.24) is 10.3 Å². The number of ether oxygens (including phenoxy) is 2. The highest BCUT2D eigenvalue weighted by molar-refractivity contribution is 6.31. The molecule has 32 heavy (non-hydrogen) atoms. The molecule has 6 nitrogen and oxygen atoms in total. The summed E-state index contributed by atoms with van der Waals surface area (Å²) >= 11 is 6.16. The second-order valence-electron chi connectivity index (χ2n) is 7.39. The van der Waals surface area contributed by atoms with Crippen molar-refractivity contribution in [3.05, 3.63) is 89.1 Å². The van der Waals surface area contributed by atoms with E-state index in [2.05, 4.69) is 15.6 Å². The van der Waals surface area contributed by atoms with Gasteiger partial charge in [-0.25, -0.2) is 4.98 Å². The van der Waals surface area contributed by atoms with Gasteiger partial charge < -0.3 is 20.1 Å². The van der Waals surface area contributed by atoms with Crippen molar-refractivity contribution in [2.75, 3.05) is 18.5 Å². The van der Waals surface area contributed by atoms with Crippen molar-refractivity contribution < 1.29 is 14.3 Å². The molecule has 0 saturated carbocycles. The lowest BCUT2D eigenvalue weighted by Gasteiger charge is -2.19. The summed E-state index contributed by atoms with van der Waals surface area (Å²) in [4.78, 5) is 17.2. The zero-order valence-electron chi connectivity index (χ0n) is 17.1. The minimum Gasteiger partial charge on any atom is -0.486 e. The molecular weight excluding hydrogens is 426 g/mol. The zero-order valence-corrected chi connectivity index (χ0v) is 17.9. The number of aromatic nitrogens is 1. The molecule has 5 rings (SSSR count). The highest BCUT2D eigenvalue weighted by Gasteiger charge is 2.13. The summed E-state index contributed by atoms with van der Waals surface area (Å²) in [7, 11) is 0. The van der Waals surface area contributed by atoms with Gasteiger partial charge >= 0.3 is 0 Å². The van der Waals surface area contributed by atoms with Gasteiger partial charge in [-0.3, -0.25) is 4.79 Å². The smallest absolute Gasteiger partial charge is 0.251 e. The Morgan fingerprint density at radius 3 is 2.75 bits per heavy atom. The SMILES string of the molecule is O=C(NCc1ccc2c(c1)OCCO2)c1cccc(Nc2nccc3ccc(Cl)cc23)c1. The molecule has 2 N–H and O–H groups in total. The Balaban J connectivity index is 1.30. The predicted molar refractivity (Wildman–Crippen MR) is 125 cm³/mol. The Hall–Kier alpha value is -3.77. The number of pyridine rings is 1. The number of anilines is 2. The summed E-state index contributed by atoms with van der Waals surface area (Å²) in [5.41, 5.74) is 2.25. The number of rotatable bonds is 5. The van der Waals surface area contributed by atoms with Crippen LogP contribution in [0, 0.1) is 0 Å². The number of nitrogens with one attached hydrogen (secondary N) is 2. The van der Waals surface area contributed by atoms with Crippen molar-refractivity contribution in [1.29, 1.82) is 0 Å². The van der Waals surface area contributed by atoms with Crippen LogP contribution in [0.1, 0.15) is 15.9 Å². The number of nitrogens with zero attached hydrogens (tertiary/aromatic N) is 1. The Kier molecular flexibility index (Phi) is 5.52. The number of hydrogen-bond acceptors (Lipinski definition) is 5. The van der Waals surface area contributed by atoms with E-state index in [9.17, 15) is 4.79 Å². The van der Waals surface area contributed by atoms with E-state index in [0.29, 0.717) is 41.9 Å². The summed E-state index contributed by atoms with van der Waals surface area (Å²) in [6, 6.07) is 20.6. The molecule has 0 fully saturated rings. The molecule has 160 valence electrons. The van der Waals surface area contributed by atoms with Crippen LogP contribution in [0.4, 0.5) is 11.5 Å². The maximum absolute atomic E-state index is 12.7. The highest BCUT2D eigenvalue weighted by atomic mass is 35.5. The Morgan fingerprint density at radius 1 is 0.969 bits per heavy atom. The number of halogens is 1. The average Bonchev–Trinajstić information content (AvgIpc) is 2.83. The molecule has 0 radical (unpaired) electrons. The minimum atomic E-state index is -0.169. The standard InChI is InChI=1S/C25H20ClN3O3/c26-19-6-5-17-8-9-27-24(21(17)14-19)29-20-3-1-2-18(13-20)25(30)28-15-16-4-7-22-23(12-16)32-11-10-31-22/h1-9,12-14H,10-11,15H2,(H,27,29)(H,28,30). The molecule has 1 aliphatic rings. The lowest BCUT2D eigenvalue weighted by Crippen LogP contribution is -2.23. The number of amides is 1. The molecule has 1 aliphatic heterocycles. The zero-order chi connectivity index (χ0) is 21.9. The topological polar surface area (TPSA) is 72.5 Å². The first-order valence-corrected chi connectivity index (χ1v) is 10.6. The molecule has 1 aromatic heterocycles. The molecular formula is C25H20ClN3O3. The fourth-order valence-electron chi connectivity index (χ4n) is 3.60. The van der Waals surface area contributed by atoms with Crippen LogP contribution in [-0.2, 0) is 6.54 Å². The van der Waals surface area contributed by atoms with Crippen molar-refractivity contribution in [3.8, 4) is 11.5 Å². The van der Waals surface area contributed by atoms with Gasteiger partial charge in [0.05, 0.1) is 0 Å². The molecule has 0 spiro atoms. The second kappa shape index (κ2) is 8.77. The van der Waals surface area contributed by atoms with E-state index in [-0.39, 0.29) is 5.91 Å². The first-order chi connectivity index (χ1) is 15.7. The van der Waals surface area contributed by atoms with Gasteiger partial charge in [0.25, 0.3) is 5.91 Å². The van der Waals surface area contributed by atoms with Crippen LogP contribution in [0.2, 0.25) is 5.02 Å². The summed E-state index contributed by atoms with van der Waals surface area (Å²) in [6.07, 6.45) is 1.74. The van der Waals surface area contributed by atoms with Gasteiger partial charge in [0.1, 0.15) is 19.0 Å². The third-order valence-electron chi connectivity index (χ3n) is 5.18. The van der Waals surface area contributed by atoms with Crippen LogP contribution >= 0.6 is 11.6 Å². The lowest BCUT2D eigenvalue weighted by molar-refractivity contribution is 0.0951. The largest absolute Gasteiger partial charge is 0.486 e. The third kappa shape index (κ3) is 4.31. The first-order valence-electron chi connectivity index (χ1n) is 10.2. The predicted octanol–water partition coefficient (Wildman–Crippen LogP) is 5.33. The Morgan fingerprint density at radius 2 is 1.84 bits per heavy atom. The summed E-state index contributed by atoms with van der Waals surface area (Å²) < 4.78 is 11.1. The maximum Gasteiger partial charge on any atom is 0.251 e. The number of carbonyl (C=O) groups is 1. The van der Waals surface area contributed by atoms with Crippen molar-refractivity contribution in [2.45, 2.75) is 6.54 Å². The fourth-order valence-corrected chi connectivity index (χ4v) is 3.77. The van der Waals surface area contributed by atoms with Crippen LogP contribution in [0.15, 0.2) is 72.9 Å². The maximum atomic E-state index is 12.7. The first kappa shape index (κ1) is 20.2. The third-order valence-corrected chi connectivity index (χ3v) is 5.41. The molecule has 0 saturated heterocycles. The number of hydrogen-bond donors (Lipinski definition) is 2. The van der Waals surface area contributed by atoms with Gasteiger partial charge in [0.2, 0.25) is 0 Å². The summed E-state index contributed by atoms with van der Waals surface area (Å²) in [5, 5.41) is 8.83. The van der Waals surface area contributed by atoms with E-state index < -0.39 is 0 Å². The fraction of sp³-hybridized carbons (Fsp3) is 0.120. The number of fused-ring (bicyclic) bond motifs is 2. The molecule has 0 unspecified atom stereocenters. The van der Waals surface area contributed by atoms with E-state index in [1.165, 1.54) is 0 Å². The summed E-state index contributed by atoms with van der Waals surface area (Å²) in [6.45, 7) is 1.46. The Bertz CT molecular complexity index is 1310. The second-order valence-corrected chi connectivity index (χ2v) is 7.83. The quantitative estimate of drug-likeness (QED) is 0.434. The van der Waals surface area contributed by atoms with Gasteiger partial charge in [-0.15, -0.1) is 0 Å². The normalized spacial score (nSPS) is 12.4. The van der Waals surface area contributed by atoms with Crippen molar-refractivity contribution in [3.63, 3.8) is 0 Å². The monoisotopic (exact) mass is 445 g/mol. The van der Waals surface area contributed by atoms with Crippen LogP contribution in [-0.4, -0.2) is 24.1 Å². The lowest BCUT2D eigenvalue weighted by atomic mass is 10.1. The molecule has 4 aromatic rings. The van der Waals surface area contributed by atoms with E-state index >= 15 is 0 Å². The highest BCUT2D eigenvalue weighted by Crippen LogP contribution is 2.31. The molecule has 1 amide bonds. The molecule has 0 atom stereocenters. The van der Waals surface area contributed by atoms with E-state index in [4.69, 9.17) is 21.1 Å². The van der Waals surface area contributed by atoms with Crippen LogP contribution in [0.25, 0.3) is 10.8 Å². The van der Waals surface area contributed by atoms with Crippen LogP contribution < -0.4 is 20.1 Å². The van der Waals surface area contributed by atoms with Crippen LogP contribution in [0.5, 0.6) is 11.5 Å². The molecule has 2 heterocycles. The average molecular weight is 446 g/mol. The minimum absolute atomic E-state index is 0.169. The van der Waals surface area contributed by atoms with Gasteiger partial charge in [-0.1, -0.05) is 29.8 Å². The van der Waals surface area contributed by atoms with E-state index in [1.54, 1.807) is 18.3 Å². The molecule has 0 bridgehead atoms. The Labute approximate surface area is 190 Å². The van der Waals surface area contributed by atoms with Crippen molar-refractivity contribution in [2.24, 2.45) is 0 Å². The molecule has 3 aromatic carbocycles. The van der Waals surface area contributed by atoms with Gasteiger partial charge in [-0.05, 0) is 59.5 Å². The summed E-state index contributed by atoms with van der Waals surface area (Å²) in [5.74, 6) is 1.95. The molecule has 7 heteroatoms. The number of benzene rings is 3.